The number of benzene rings is 2. The molecule has 1 amide bonds. The van der Waals surface area contributed by atoms with E-state index in [0.717, 1.165) is 17.7 Å². The first-order valence-electron chi connectivity index (χ1n) is 7.34. The van der Waals surface area contributed by atoms with Crippen LogP contribution in [0.5, 0.6) is 11.5 Å². The Hall–Kier alpha value is -2.49. The van der Waals surface area contributed by atoms with Crippen molar-refractivity contribution in [3.05, 3.63) is 54.1 Å². The zero-order chi connectivity index (χ0) is 15.9. The van der Waals surface area contributed by atoms with E-state index < -0.39 is 6.10 Å². The molecule has 2 aromatic carbocycles. The summed E-state index contributed by atoms with van der Waals surface area (Å²) in [6, 6.07) is 15.0. The van der Waals surface area contributed by atoms with Crippen LogP contribution in [0.4, 0.5) is 5.69 Å². The van der Waals surface area contributed by atoms with Gasteiger partial charge in [0, 0.05) is 5.69 Å². The van der Waals surface area contributed by atoms with Crippen molar-refractivity contribution in [3.63, 3.8) is 0 Å². The zero-order valence-electron chi connectivity index (χ0n) is 13.1. The largest absolute Gasteiger partial charge is 0.493 e. The third kappa shape index (κ3) is 3.79. The normalized spacial score (nSPS) is 11.6. The van der Waals surface area contributed by atoms with Gasteiger partial charge in [0.25, 0.3) is 5.91 Å². The number of para-hydroxylation sites is 3. The van der Waals surface area contributed by atoms with E-state index in [1.165, 1.54) is 0 Å². The molecule has 1 unspecified atom stereocenters. The molecule has 0 saturated heterocycles. The predicted molar refractivity (Wildman–Crippen MR) is 87.5 cm³/mol. The molecule has 2 aromatic rings. The van der Waals surface area contributed by atoms with Crippen molar-refractivity contribution in [2.45, 2.75) is 26.4 Å². The van der Waals surface area contributed by atoms with Crippen molar-refractivity contribution in [1.29, 1.82) is 0 Å². The monoisotopic (exact) mass is 299 g/mol. The Morgan fingerprint density at radius 1 is 1.09 bits per heavy atom. The number of aryl methyl sites for hydroxylation is 1. The molecule has 1 N–H and O–H groups in total. The van der Waals surface area contributed by atoms with Crippen LogP contribution in [0.15, 0.2) is 48.5 Å². The van der Waals surface area contributed by atoms with Gasteiger partial charge in [-0.2, -0.15) is 0 Å². The van der Waals surface area contributed by atoms with Gasteiger partial charge in [0.15, 0.2) is 17.6 Å². The minimum atomic E-state index is -0.624. The van der Waals surface area contributed by atoms with Crippen molar-refractivity contribution >= 4 is 11.6 Å². The predicted octanol–water partition coefficient (Wildman–Crippen LogP) is 3.66. The molecule has 0 aliphatic carbocycles. The first-order chi connectivity index (χ1) is 10.7. The summed E-state index contributed by atoms with van der Waals surface area (Å²) >= 11 is 0. The number of carbonyl (C=O) groups is 1. The summed E-state index contributed by atoms with van der Waals surface area (Å²) in [5, 5.41) is 2.91. The number of nitrogens with one attached hydrogen (secondary N) is 1. The lowest BCUT2D eigenvalue weighted by atomic mass is 10.1. The molecule has 22 heavy (non-hydrogen) atoms. The average molecular weight is 299 g/mol. The van der Waals surface area contributed by atoms with Gasteiger partial charge >= 0.3 is 0 Å². The number of anilines is 1. The van der Waals surface area contributed by atoms with Gasteiger partial charge in [0.2, 0.25) is 0 Å². The molecule has 4 heteroatoms. The lowest BCUT2D eigenvalue weighted by Gasteiger charge is -2.17. The molecule has 0 aliphatic heterocycles. The van der Waals surface area contributed by atoms with Gasteiger partial charge < -0.3 is 14.8 Å². The number of carbonyl (C=O) groups excluding carboxylic acids is 1. The van der Waals surface area contributed by atoms with E-state index in [9.17, 15) is 4.79 Å². The molecule has 0 spiro atoms. The summed E-state index contributed by atoms with van der Waals surface area (Å²) in [7, 11) is 1.57. The smallest absolute Gasteiger partial charge is 0.265 e. The molecule has 1 atom stereocenters. The lowest BCUT2D eigenvalue weighted by Crippen LogP contribution is -2.30. The number of ether oxygens (including phenoxy) is 2. The first-order valence-corrected chi connectivity index (χ1v) is 7.34. The van der Waals surface area contributed by atoms with Crippen molar-refractivity contribution in [1.82, 2.24) is 0 Å². The maximum Gasteiger partial charge on any atom is 0.265 e. The standard InChI is InChI=1S/C18H21NO3/c1-4-14-9-5-6-10-15(14)19-18(20)13(2)22-17-12-8-7-11-16(17)21-3/h5-13H,4H2,1-3H3,(H,19,20). The van der Waals surface area contributed by atoms with Crippen LogP contribution in [-0.2, 0) is 11.2 Å². The molecule has 0 fully saturated rings. The Bertz CT molecular complexity index is 640. The molecular formula is C18H21NO3. The van der Waals surface area contributed by atoms with E-state index in [1.807, 2.05) is 36.4 Å². The van der Waals surface area contributed by atoms with Gasteiger partial charge in [-0.3, -0.25) is 4.79 Å². The van der Waals surface area contributed by atoms with Gasteiger partial charge in [0.05, 0.1) is 7.11 Å². The molecule has 0 bridgehead atoms. The summed E-state index contributed by atoms with van der Waals surface area (Å²) in [5.74, 6) is 0.972. The molecule has 2 rings (SSSR count). The molecule has 0 radical (unpaired) electrons. The van der Waals surface area contributed by atoms with Crippen LogP contribution in [0.3, 0.4) is 0 Å². The summed E-state index contributed by atoms with van der Waals surface area (Å²) in [6.07, 6.45) is 0.235. The Kier molecular flexibility index (Phi) is 5.42. The topological polar surface area (TPSA) is 47.6 Å². The highest BCUT2D eigenvalue weighted by Crippen LogP contribution is 2.27. The van der Waals surface area contributed by atoms with Crippen molar-refractivity contribution < 1.29 is 14.3 Å². The molecule has 0 saturated carbocycles. The van der Waals surface area contributed by atoms with Gasteiger partial charge in [-0.05, 0) is 37.1 Å². The second kappa shape index (κ2) is 7.50. The van der Waals surface area contributed by atoms with Crippen LogP contribution in [0.25, 0.3) is 0 Å². The zero-order valence-corrected chi connectivity index (χ0v) is 13.1. The van der Waals surface area contributed by atoms with E-state index in [4.69, 9.17) is 9.47 Å². The maximum atomic E-state index is 12.3. The number of hydrogen-bond donors (Lipinski definition) is 1. The van der Waals surface area contributed by atoms with Gasteiger partial charge in [-0.1, -0.05) is 37.3 Å². The van der Waals surface area contributed by atoms with E-state index in [-0.39, 0.29) is 5.91 Å². The van der Waals surface area contributed by atoms with Crippen LogP contribution >= 0.6 is 0 Å². The Balaban J connectivity index is 2.06. The summed E-state index contributed by atoms with van der Waals surface area (Å²) in [6.45, 7) is 3.77. The van der Waals surface area contributed by atoms with E-state index >= 15 is 0 Å². The third-order valence-electron chi connectivity index (χ3n) is 3.40. The SMILES string of the molecule is CCc1ccccc1NC(=O)C(C)Oc1ccccc1OC. The van der Waals surface area contributed by atoms with Gasteiger partial charge in [-0.25, -0.2) is 0 Å². The quantitative estimate of drug-likeness (QED) is 0.885. The second-order valence-corrected chi connectivity index (χ2v) is 4.91. The number of rotatable bonds is 6. The first kappa shape index (κ1) is 15.9. The molecular weight excluding hydrogens is 278 g/mol. The van der Waals surface area contributed by atoms with Crippen molar-refractivity contribution in [2.75, 3.05) is 12.4 Å². The fraction of sp³-hybridized carbons (Fsp3) is 0.278. The molecule has 0 aromatic heterocycles. The summed E-state index contributed by atoms with van der Waals surface area (Å²) in [5.41, 5.74) is 1.92. The summed E-state index contributed by atoms with van der Waals surface area (Å²) < 4.78 is 10.9. The highest BCUT2D eigenvalue weighted by atomic mass is 16.5. The fourth-order valence-corrected chi connectivity index (χ4v) is 2.15. The average Bonchev–Trinajstić information content (AvgIpc) is 2.55. The maximum absolute atomic E-state index is 12.3. The Labute approximate surface area is 131 Å². The van der Waals surface area contributed by atoms with Gasteiger partial charge in [-0.15, -0.1) is 0 Å². The molecule has 0 aliphatic rings. The van der Waals surface area contributed by atoms with Crippen LogP contribution in [0.2, 0.25) is 0 Å². The Morgan fingerprint density at radius 2 is 1.73 bits per heavy atom. The lowest BCUT2D eigenvalue weighted by molar-refractivity contribution is -0.122. The third-order valence-corrected chi connectivity index (χ3v) is 3.40. The van der Waals surface area contributed by atoms with Crippen LogP contribution < -0.4 is 14.8 Å². The van der Waals surface area contributed by atoms with Gasteiger partial charge in [0.1, 0.15) is 0 Å². The van der Waals surface area contributed by atoms with Crippen LogP contribution in [0.1, 0.15) is 19.4 Å². The van der Waals surface area contributed by atoms with Crippen molar-refractivity contribution in [3.8, 4) is 11.5 Å². The van der Waals surface area contributed by atoms with Crippen LogP contribution in [0, 0.1) is 0 Å². The van der Waals surface area contributed by atoms with E-state index in [0.29, 0.717) is 11.5 Å². The highest BCUT2D eigenvalue weighted by molar-refractivity contribution is 5.94. The molecule has 0 heterocycles. The van der Waals surface area contributed by atoms with Crippen molar-refractivity contribution in [2.24, 2.45) is 0 Å². The van der Waals surface area contributed by atoms with E-state index in [2.05, 4.69) is 12.2 Å². The minimum absolute atomic E-state index is 0.188. The Morgan fingerprint density at radius 3 is 2.41 bits per heavy atom. The summed E-state index contributed by atoms with van der Waals surface area (Å²) in [4.78, 5) is 12.3. The number of hydrogen-bond acceptors (Lipinski definition) is 3. The molecule has 4 nitrogen and oxygen atoms in total. The fourth-order valence-electron chi connectivity index (χ4n) is 2.15. The molecule has 116 valence electrons. The second-order valence-electron chi connectivity index (χ2n) is 4.91. The van der Waals surface area contributed by atoms with E-state index in [1.54, 1.807) is 26.2 Å². The highest BCUT2D eigenvalue weighted by Gasteiger charge is 2.17. The number of amides is 1. The number of methoxy groups -OCH3 is 1. The minimum Gasteiger partial charge on any atom is -0.493 e. The van der Waals surface area contributed by atoms with Crippen LogP contribution in [-0.4, -0.2) is 19.1 Å².